The van der Waals surface area contributed by atoms with Crippen LogP contribution in [0.1, 0.15) is 33.7 Å². The van der Waals surface area contributed by atoms with E-state index >= 15 is 0 Å². The van der Waals surface area contributed by atoms with Gasteiger partial charge in [-0.3, -0.25) is 19.3 Å². The number of halogens is 1. The molecule has 1 unspecified atom stereocenters. The van der Waals surface area contributed by atoms with E-state index in [4.69, 9.17) is 12.2 Å². The normalized spacial score (nSPS) is 14.3. The molecular weight excluding hydrogens is 578 g/mol. The number of nitrogens with one attached hydrogen (secondary N) is 2. The van der Waals surface area contributed by atoms with Gasteiger partial charge in [-0.1, -0.05) is 58.2 Å². The number of hydrogen-bond donors (Lipinski definition) is 3. The summed E-state index contributed by atoms with van der Waals surface area (Å²) in [5, 5.41) is 21.2. The van der Waals surface area contributed by atoms with E-state index in [1.54, 1.807) is 49.7 Å². The molecule has 2 aromatic carbocycles. The number of carbonyl (C=O) groups is 2. The minimum absolute atomic E-state index is 0.0412. The molecule has 3 N–H and O–H groups in total. The molecule has 0 bridgehead atoms. The lowest BCUT2D eigenvalue weighted by atomic mass is 9.97. The van der Waals surface area contributed by atoms with Gasteiger partial charge in [0.05, 0.1) is 22.9 Å². The van der Waals surface area contributed by atoms with Gasteiger partial charge in [0.2, 0.25) is 0 Å². The number of benzene rings is 2. The number of para-hydroxylation sites is 1. The van der Waals surface area contributed by atoms with Gasteiger partial charge in [-0.15, -0.1) is 0 Å². The summed E-state index contributed by atoms with van der Waals surface area (Å²) in [7, 11) is 1.72. The Morgan fingerprint density at radius 2 is 1.95 bits per heavy atom. The molecule has 8 nitrogen and oxygen atoms in total. The number of aliphatic imine (C=N–C) groups is 1. The summed E-state index contributed by atoms with van der Waals surface area (Å²) in [6, 6.07) is 14.1. The van der Waals surface area contributed by atoms with Crippen molar-refractivity contribution in [2.24, 2.45) is 18.0 Å². The Morgan fingerprint density at radius 3 is 2.69 bits per heavy atom. The number of carbonyl (C=O) groups excluding carboxylic acids is 2. The zero-order valence-corrected chi connectivity index (χ0v) is 23.8. The fraction of sp³-hybridized carbons (Fsp3) is 0.207. The topological polar surface area (TPSA) is 109 Å². The first-order valence-corrected chi connectivity index (χ1v) is 13.7. The zero-order chi connectivity index (χ0) is 27.9. The summed E-state index contributed by atoms with van der Waals surface area (Å²) in [4.78, 5) is 30.1. The summed E-state index contributed by atoms with van der Waals surface area (Å²) >= 11 is 8.96. The predicted octanol–water partition coefficient (Wildman–Crippen LogP) is 4.96. The van der Waals surface area contributed by atoms with E-state index in [2.05, 4.69) is 48.5 Å². The second-order valence-corrected chi connectivity index (χ2v) is 10.1. The minimum atomic E-state index is -0.555. The molecule has 0 spiro atoms. The molecular formula is C29H26BrN5O3S. The number of thiocarbonyl (C=S) groups is 1. The predicted molar refractivity (Wildman–Crippen MR) is 161 cm³/mol. The largest absolute Gasteiger partial charge is 0.505 e. The van der Waals surface area contributed by atoms with Crippen LogP contribution >= 0.6 is 28.1 Å². The Kier molecular flexibility index (Phi) is 9.07. The summed E-state index contributed by atoms with van der Waals surface area (Å²) in [6.45, 7) is 1.82. The van der Waals surface area contributed by atoms with Crippen LogP contribution in [0.3, 0.4) is 0 Å². The lowest BCUT2D eigenvalue weighted by Crippen LogP contribution is -2.26. The Bertz CT molecular complexity index is 1560. The molecule has 10 heteroatoms. The van der Waals surface area contributed by atoms with E-state index in [0.29, 0.717) is 33.9 Å². The van der Waals surface area contributed by atoms with Crippen molar-refractivity contribution in [2.75, 3.05) is 16.0 Å². The number of anilines is 2. The third-order valence-corrected chi connectivity index (χ3v) is 6.94. The van der Waals surface area contributed by atoms with Gasteiger partial charge in [0.15, 0.2) is 0 Å². The summed E-state index contributed by atoms with van der Waals surface area (Å²) < 4.78 is 1.53. The summed E-state index contributed by atoms with van der Waals surface area (Å²) in [5.41, 5.74) is 3.73. The smallest absolute Gasteiger partial charge is 0.273 e. The van der Waals surface area contributed by atoms with Gasteiger partial charge in [-0.05, 0) is 55.7 Å². The van der Waals surface area contributed by atoms with Crippen molar-refractivity contribution in [1.82, 2.24) is 9.78 Å². The van der Waals surface area contributed by atoms with Crippen LogP contribution < -0.4 is 10.6 Å². The highest BCUT2D eigenvalue weighted by molar-refractivity contribution is 9.09. The second-order valence-electron chi connectivity index (χ2n) is 8.84. The number of aromatic hydroxyl groups is 1. The molecule has 3 aromatic rings. The maximum Gasteiger partial charge on any atom is 0.273 e. The number of nitrogens with zero attached hydrogens (tertiary/aromatic N) is 3. The van der Waals surface area contributed by atoms with E-state index < -0.39 is 11.8 Å². The van der Waals surface area contributed by atoms with Crippen molar-refractivity contribution in [1.29, 1.82) is 0 Å². The number of aromatic nitrogens is 2. The van der Waals surface area contributed by atoms with Gasteiger partial charge in [-0.25, -0.2) is 0 Å². The highest BCUT2D eigenvalue weighted by Gasteiger charge is 2.24. The number of phenolic OH excluding ortho intramolecular Hbond substituents is 1. The van der Waals surface area contributed by atoms with Crippen LogP contribution in [0.25, 0.3) is 0 Å². The van der Waals surface area contributed by atoms with Gasteiger partial charge >= 0.3 is 0 Å². The van der Waals surface area contributed by atoms with Gasteiger partial charge in [0.1, 0.15) is 11.4 Å². The van der Waals surface area contributed by atoms with Crippen molar-refractivity contribution in [2.45, 2.75) is 19.8 Å². The van der Waals surface area contributed by atoms with Crippen LogP contribution in [0, 0.1) is 24.7 Å². The first-order valence-electron chi connectivity index (χ1n) is 12.2. The van der Waals surface area contributed by atoms with Gasteiger partial charge in [-0.2, -0.15) is 5.10 Å². The monoisotopic (exact) mass is 603 g/mol. The fourth-order valence-corrected chi connectivity index (χ4v) is 4.52. The molecule has 0 fully saturated rings. The Labute approximate surface area is 240 Å². The Balaban J connectivity index is 1.44. The third kappa shape index (κ3) is 6.88. The van der Waals surface area contributed by atoms with E-state index in [1.165, 1.54) is 10.9 Å². The highest BCUT2D eigenvalue weighted by Crippen LogP contribution is 2.29. The van der Waals surface area contributed by atoms with Crippen molar-refractivity contribution in [3.8, 4) is 17.6 Å². The maximum atomic E-state index is 13.0. The molecule has 1 aliphatic heterocycles. The van der Waals surface area contributed by atoms with Crippen LogP contribution in [0.5, 0.6) is 5.75 Å². The van der Waals surface area contributed by atoms with E-state index in [0.717, 1.165) is 23.0 Å². The molecule has 0 saturated carbocycles. The van der Waals surface area contributed by atoms with Gasteiger partial charge in [0.25, 0.3) is 11.8 Å². The number of phenols is 1. The Hall–Kier alpha value is -4.07. The number of hydrogen-bond acceptors (Lipinski definition) is 6. The summed E-state index contributed by atoms with van der Waals surface area (Å²) in [5.74, 6) is 4.87. The second kappa shape index (κ2) is 12.7. The lowest BCUT2D eigenvalue weighted by Gasteiger charge is -2.16. The summed E-state index contributed by atoms with van der Waals surface area (Å²) in [6.07, 6.45) is 4.52. The first-order chi connectivity index (χ1) is 18.8. The molecule has 39 heavy (non-hydrogen) atoms. The van der Waals surface area contributed by atoms with Crippen molar-refractivity contribution in [3.05, 3.63) is 82.8 Å². The van der Waals surface area contributed by atoms with Crippen LogP contribution in [-0.4, -0.2) is 43.1 Å². The van der Waals surface area contributed by atoms with Gasteiger partial charge < -0.3 is 15.7 Å². The molecule has 4 rings (SSSR count). The Morgan fingerprint density at radius 1 is 1.15 bits per heavy atom. The SMILES string of the molecule is Cc1cc(C(=O)Nc2cccc(C#CC3C=NC=C(C(=O)Nc4cccc(CCCBr)c4O)C3=S)c2)n(C)n1. The highest BCUT2D eigenvalue weighted by atomic mass is 79.9. The average molecular weight is 605 g/mol. The molecule has 2 amide bonds. The van der Waals surface area contributed by atoms with Crippen molar-refractivity contribution < 1.29 is 14.7 Å². The molecule has 0 radical (unpaired) electrons. The van der Waals surface area contributed by atoms with Crippen molar-refractivity contribution >= 4 is 62.4 Å². The third-order valence-electron chi connectivity index (χ3n) is 5.91. The molecule has 198 valence electrons. The molecule has 1 aromatic heterocycles. The number of rotatable bonds is 7. The standard InChI is InChI=1S/C29H26BrN5O3S/c1-18-14-25(35(2)34-18)29(38)32-22-9-3-6-19(15-22)11-12-21-16-31-17-23(27(21)39)28(37)33-24-10-4-7-20(26(24)36)8-5-13-30/h3-4,6-7,9-10,14-17,21,36H,5,8,13H2,1-2H3,(H,32,38)(H,33,37). The van der Waals surface area contributed by atoms with E-state index in [1.807, 2.05) is 19.1 Å². The maximum absolute atomic E-state index is 13.0. The van der Waals surface area contributed by atoms with Crippen LogP contribution in [0.15, 0.2) is 65.3 Å². The number of alkyl halides is 1. The minimum Gasteiger partial charge on any atom is -0.505 e. The number of aryl methyl sites for hydroxylation is 3. The van der Waals surface area contributed by atoms with E-state index in [-0.39, 0.29) is 17.2 Å². The quantitative estimate of drug-likeness (QED) is 0.153. The van der Waals surface area contributed by atoms with Crippen LogP contribution in [-0.2, 0) is 18.3 Å². The molecule has 1 aliphatic rings. The molecule has 2 heterocycles. The average Bonchev–Trinajstić information content (AvgIpc) is 3.26. The molecule has 0 saturated heterocycles. The molecule has 0 aliphatic carbocycles. The van der Waals surface area contributed by atoms with Crippen LogP contribution in [0.4, 0.5) is 11.4 Å². The number of amides is 2. The van der Waals surface area contributed by atoms with Crippen LogP contribution in [0.2, 0.25) is 0 Å². The zero-order valence-electron chi connectivity index (χ0n) is 21.4. The van der Waals surface area contributed by atoms with E-state index in [9.17, 15) is 14.7 Å². The van der Waals surface area contributed by atoms with Gasteiger partial charge in [0, 0.05) is 40.9 Å². The fourth-order valence-electron chi connectivity index (χ4n) is 3.97. The lowest BCUT2D eigenvalue weighted by molar-refractivity contribution is -0.112. The van der Waals surface area contributed by atoms with Crippen molar-refractivity contribution in [3.63, 3.8) is 0 Å². The first kappa shape index (κ1) is 28.0. The molecule has 1 atom stereocenters.